The van der Waals surface area contributed by atoms with E-state index in [4.69, 9.17) is 0 Å². The van der Waals surface area contributed by atoms with E-state index in [1.165, 1.54) is 22.7 Å². The van der Waals surface area contributed by atoms with E-state index in [0.29, 0.717) is 16.3 Å². The zero-order chi connectivity index (χ0) is 18.0. The molecule has 1 aromatic carbocycles. The molecule has 0 fully saturated rings. The van der Waals surface area contributed by atoms with Crippen molar-refractivity contribution in [3.8, 4) is 0 Å². The Bertz CT molecular complexity index is 1010. The van der Waals surface area contributed by atoms with Gasteiger partial charge in [0.1, 0.15) is 4.90 Å². The SMILES string of the molecule is Cc1cc(S(=O)(=O)Nc2cccc(NC(=O)c3cccs3)c2)c(C)s1. The Balaban J connectivity index is 1.80. The van der Waals surface area contributed by atoms with E-state index >= 15 is 0 Å². The molecule has 25 heavy (non-hydrogen) atoms. The van der Waals surface area contributed by atoms with E-state index in [9.17, 15) is 13.2 Å². The fourth-order valence-electron chi connectivity index (χ4n) is 2.35. The minimum Gasteiger partial charge on any atom is -0.321 e. The average molecular weight is 393 g/mol. The molecule has 2 N–H and O–H groups in total. The molecule has 0 unspecified atom stereocenters. The zero-order valence-electron chi connectivity index (χ0n) is 13.6. The predicted octanol–water partition coefficient (Wildman–Crippen LogP) is 4.48. The molecule has 2 aromatic heterocycles. The molecule has 3 aromatic rings. The van der Waals surface area contributed by atoms with Crippen LogP contribution < -0.4 is 10.0 Å². The van der Waals surface area contributed by atoms with Crippen molar-refractivity contribution < 1.29 is 13.2 Å². The molecular formula is C17H16N2O3S3. The van der Waals surface area contributed by atoms with E-state index < -0.39 is 10.0 Å². The molecule has 0 aliphatic carbocycles. The third-order valence-corrected chi connectivity index (χ3v) is 6.87. The van der Waals surface area contributed by atoms with Crippen LogP contribution in [-0.2, 0) is 10.0 Å². The van der Waals surface area contributed by atoms with E-state index in [1.54, 1.807) is 49.4 Å². The van der Waals surface area contributed by atoms with Crippen molar-refractivity contribution in [3.63, 3.8) is 0 Å². The Morgan fingerprint density at radius 2 is 1.80 bits per heavy atom. The minimum absolute atomic E-state index is 0.223. The van der Waals surface area contributed by atoms with Crippen molar-refractivity contribution in [2.24, 2.45) is 0 Å². The molecule has 0 radical (unpaired) electrons. The van der Waals surface area contributed by atoms with Gasteiger partial charge in [0.05, 0.1) is 10.6 Å². The summed E-state index contributed by atoms with van der Waals surface area (Å²) in [6, 6.07) is 11.8. The first-order valence-electron chi connectivity index (χ1n) is 7.40. The number of nitrogens with one attached hydrogen (secondary N) is 2. The fraction of sp³-hybridized carbons (Fsp3) is 0.118. The largest absolute Gasteiger partial charge is 0.321 e. The highest BCUT2D eigenvalue weighted by atomic mass is 32.2. The molecule has 8 heteroatoms. The number of rotatable bonds is 5. The number of thiophene rings is 2. The molecule has 0 saturated heterocycles. The Hall–Kier alpha value is -2.16. The second-order valence-corrected chi connectivity index (χ2v) is 9.45. The van der Waals surface area contributed by atoms with E-state index in [0.717, 1.165) is 9.75 Å². The zero-order valence-corrected chi connectivity index (χ0v) is 16.0. The summed E-state index contributed by atoms with van der Waals surface area (Å²) in [4.78, 5) is 14.7. The van der Waals surface area contributed by atoms with Crippen LogP contribution in [0.3, 0.4) is 0 Å². The van der Waals surface area contributed by atoms with E-state index in [-0.39, 0.29) is 10.8 Å². The standard InChI is InChI=1S/C17H16N2O3S3/c1-11-9-16(12(2)24-11)25(21,22)19-14-6-3-5-13(10-14)18-17(20)15-7-4-8-23-15/h3-10,19H,1-2H3,(H,18,20). The first-order chi connectivity index (χ1) is 11.8. The number of carbonyl (C=O) groups excluding carboxylic acids is 1. The lowest BCUT2D eigenvalue weighted by Gasteiger charge is -2.10. The normalized spacial score (nSPS) is 11.3. The van der Waals surface area contributed by atoms with Gasteiger partial charge in [0, 0.05) is 15.4 Å². The van der Waals surface area contributed by atoms with Crippen molar-refractivity contribution in [1.29, 1.82) is 0 Å². The van der Waals surface area contributed by atoms with Crippen LogP contribution in [0.15, 0.2) is 52.7 Å². The molecule has 1 amide bonds. The Morgan fingerprint density at radius 3 is 2.44 bits per heavy atom. The van der Waals surface area contributed by atoms with E-state index in [1.807, 2.05) is 12.3 Å². The van der Waals surface area contributed by atoms with Crippen LogP contribution in [0.5, 0.6) is 0 Å². The Labute approximate surface area is 154 Å². The second kappa shape index (κ2) is 6.99. The lowest BCUT2D eigenvalue weighted by molar-refractivity contribution is 0.103. The Kier molecular flexibility index (Phi) is 4.94. The molecule has 130 valence electrons. The smallest absolute Gasteiger partial charge is 0.265 e. The maximum Gasteiger partial charge on any atom is 0.265 e. The predicted molar refractivity (Wildman–Crippen MR) is 103 cm³/mol. The monoisotopic (exact) mass is 392 g/mol. The molecule has 0 atom stereocenters. The number of sulfonamides is 1. The fourth-order valence-corrected chi connectivity index (χ4v) is 5.57. The van der Waals surface area contributed by atoms with Gasteiger partial charge in [0.2, 0.25) is 0 Å². The summed E-state index contributed by atoms with van der Waals surface area (Å²) in [5, 5.41) is 4.59. The summed E-state index contributed by atoms with van der Waals surface area (Å²) in [6.45, 7) is 3.65. The van der Waals surface area contributed by atoms with Crippen molar-refractivity contribution in [2.75, 3.05) is 10.0 Å². The van der Waals surface area contributed by atoms with Gasteiger partial charge in [-0.3, -0.25) is 9.52 Å². The third-order valence-electron chi connectivity index (χ3n) is 3.40. The first kappa shape index (κ1) is 17.7. The Morgan fingerprint density at radius 1 is 1.04 bits per heavy atom. The lowest BCUT2D eigenvalue weighted by Crippen LogP contribution is -2.14. The highest BCUT2D eigenvalue weighted by Gasteiger charge is 2.19. The second-order valence-electron chi connectivity index (χ2n) is 5.40. The minimum atomic E-state index is -3.66. The molecule has 2 heterocycles. The summed E-state index contributed by atoms with van der Waals surface area (Å²) in [6.07, 6.45) is 0. The molecule has 0 saturated carbocycles. The number of hydrogen-bond acceptors (Lipinski definition) is 5. The van der Waals surface area contributed by atoms with Gasteiger partial charge in [0.25, 0.3) is 15.9 Å². The topological polar surface area (TPSA) is 75.3 Å². The summed E-state index contributed by atoms with van der Waals surface area (Å²) in [5.74, 6) is -0.223. The summed E-state index contributed by atoms with van der Waals surface area (Å²) >= 11 is 2.78. The molecular weight excluding hydrogens is 376 g/mol. The average Bonchev–Trinajstić information content (AvgIpc) is 3.17. The van der Waals surface area contributed by atoms with Crippen LogP contribution >= 0.6 is 22.7 Å². The maximum absolute atomic E-state index is 12.6. The third kappa shape index (κ3) is 4.09. The van der Waals surface area contributed by atoms with Gasteiger partial charge >= 0.3 is 0 Å². The van der Waals surface area contributed by atoms with Crippen LogP contribution in [0.4, 0.5) is 11.4 Å². The highest BCUT2D eigenvalue weighted by Crippen LogP contribution is 2.27. The van der Waals surface area contributed by atoms with Crippen molar-refractivity contribution in [3.05, 3.63) is 62.5 Å². The van der Waals surface area contributed by atoms with Gasteiger partial charge in [-0.05, 0) is 49.6 Å². The van der Waals surface area contributed by atoms with Crippen LogP contribution in [0, 0.1) is 13.8 Å². The van der Waals surface area contributed by atoms with Gasteiger partial charge in [-0.25, -0.2) is 8.42 Å². The molecule has 0 bridgehead atoms. The summed E-state index contributed by atoms with van der Waals surface area (Å²) in [7, 11) is -3.66. The van der Waals surface area contributed by atoms with E-state index in [2.05, 4.69) is 10.0 Å². The lowest BCUT2D eigenvalue weighted by atomic mass is 10.3. The molecule has 0 spiro atoms. The van der Waals surface area contributed by atoms with Gasteiger partial charge in [-0.1, -0.05) is 12.1 Å². The molecule has 5 nitrogen and oxygen atoms in total. The number of benzene rings is 1. The van der Waals surface area contributed by atoms with Gasteiger partial charge < -0.3 is 5.32 Å². The summed E-state index contributed by atoms with van der Waals surface area (Å²) < 4.78 is 27.7. The molecule has 3 rings (SSSR count). The van der Waals surface area contributed by atoms with Crippen molar-refractivity contribution in [1.82, 2.24) is 0 Å². The molecule has 0 aliphatic rings. The number of aryl methyl sites for hydroxylation is 2. The highest BCUT2D eigenvalue weighted by molar-refractivity contribution is 7.93. The quantitative estimate of drug-likeness (QED) is 0.672. The van der Waals surface area contributed by atoms with Crippen LogP contribution in [0.25, 0.3) is 0 Å². The van der Waals surface area contributed by atoms with Crippen molar-refractivity contribution in [2.45, 2.75) is 18.7 Å². The summed E-state index contributed by atoms with van der Waals surface area (Å²) in [5.41, 5.74) is 0.920. The van der Waals surface area contributed by atoms with Crippen LogP contribution in [0.1, 0.15) is 19.4 Å². The first-order valence-corrected chi connectivity index (χ1v) is 10.6. The van der Waals surface area contributed by atoms with Gasteiger partial charge in [-0.15, -0.1) is 22.7 Å². The number of anilines is 2. The maximum atomic E-state index is 12.6. The number of amides is 1. The van der Waals surface area contributed by atoms with Crippen LogP contribution in [0.2, 0.25) is 0 Å². The van der Waals surface area contributed by atoms with Gasteiger partial charge in [-0.2, -0.15) is 0 Å². The van der Waals surface area contributed by atoms with Crippen molar-refractivity contribution >= 4 is 50.0 Å². The number of hydrogen-bond donors (Lipinski definition) is 2. The van der Waals surface area contributed by atoms with Crippen LogP contribution in [-0.4, -0.2) is 14.3 Å². The number of carbonyl (C=O) groups is 1. The van der Waals surface area contributed by atoms with Gasteiger partial charge in [0.15, 0.2) is 0 Å². The molecule has 0 aliphatic heterocycles.